The number of benzene rings is 2. The summed E-state index contributed by atoms with van der Waals surface area (Å²) in [6.45, 7) is 4.71. The third-order valence-corrected chi connectivity index (χ3v) is 4.81. The molecular formula is C20H21Cl2N2O2+. The molecular weight excluding hydrogens is 371 g/mol. The van der Waals surface area contributed by atoms with E-state index in [2.05, 4.69) is 17.4 Å². The van der Waals surface area contributed by atoms with Gasteiger partial charge in [0.25, 0.3) is 0 Å². The van der Waals surface area contributed by atoms with Crippen molar-refractivity contribution in [2.75, 3.05) is 31.6 Å². The first-order valence-corrected chi connectivity index (χ1v) is 9.30. The van der Waals surface area contributed by atoms with Crippen LogP contribution in [0.2, 0.25) is 10.0 Å². The number of hydrogen-bond acceptors (Lipinski definition) is 2. The number of ether oxygens (including phenoxy) is 1. The Morgan fingerprint density at radius 3 is 2.54 bits per heavy atom. The van der Waals surface area contributed by atoms with Crippen molar-refractivity contribution in [2.45, 2.75) is 6.54 Å². The van der Waals surface area contributed by atoms with Crippen LogP contribution < -0.4 is 10.2 Å². The molecule has 1 aliphatic heterocycles. The number of hydrogen-bond donors (Lipinski definition) is 2. The Morgan fingerprint density at radius 1 is 1.12 bits per heavy atom. The lowest BCUT2D eigenvalue weighted by atomic mass is 10.2. The van der Waals surface area contributed by atoms with Crippen LogP contribution in [0.3, 0.4) is 0 Å². The van der Waals surface area contributed by atoms with Crippen molar-refractivity contribution >= 4 is 40.9 Å². The van der Waals surface area contributed by atoms with E-state index in [0.717, 1.165) is 44.1 Å². The van der Waals surface area contributed by atoms with Crippen LogP contribution in [0, 0.1) is 0 Å². The van der Waals surface area contributed by atoms with Gasteiger partial charge in [-0.15, -0.1) is 0 Å². The Morgan fingerprint density at radius 2 is 1.85 bits per heavy atom. The molecule has 0 aliphatic carbocycles. The minimum absolute atomic E-state index is 0.206. The van der Waals surface area contributed by atoms with Crippen molar-refractivity contribution in [3.05, 3.63) is 69.7 Å². The molecule has 0 radical (unpaired) electrons. The molecule has 1 heterocycles. The molecule has 0 spiro atoms. The van der Waals surface area contributed by atoms with Crippen LogP contribution in [0.1, 0.15) is 11.1 Å². The molecule has 1 saturated heterocycles. The maximum Gasteiger partial charge on any atom is 0.248 e. The van der Waals surface area contributed by atoms with E-state index in [9.17, 15) is 4.79 Å². The van der Waals surface area contributed by atoms with E-state index >= 15 is 0 Å². The number of rotatable bonds is 5. The fourth-order valence-electron chi connectivity index (χ4n) is 2.82. The fourth-order valence-corrected chi connectivity index (χ4v) is 3.29. The Labute approximate surface area is 163 Å². The molecule has 0 saturated carbocycles. The van der Waals surface area contributed by atoms with Crippen molar-refractivity contribution in [1.29, 1.82) is 0 Å². The minimum Gasteiger partial charge on any atom is -0.370 e. The molecule has 0 aromatic heterocycles. The lowest BCUT2D eigenvalue weighted by molar-refractivity contribution is -0.921. The number of halogens is 2. The van der Waals surface area contributed by atoms with Crippen molar-refractivity contribution < 1.29 is 14.4 Å². The topological polar surface area (TPSA) is 42.8 Å². The maximum absolute atomic E-state index is 12.1. The van der Waals surface area contributed by atoms with Gasteiger partial charge in [-0.2, -0.15) is 0 Å². The summed E-state index contributed by atoms with van der Waals surface area (Å²) < 4.78 is 5.38. The number of quaternary nitrogens is 1. The van der Waals surface area contributed by atoms with Gasteiger partial charge in [0.05, 0.1) is 13.2 Å². The standard InChI is InChI=1S/C20H20Cl2N2O2/c21-17-5-3-16(19(22)13-17)4-8-20(25)23-18-6-1-15(2-7-18)14-24-9-11-26-12-10-24/h1-8,13H,9-12,14H2,(H,23,25)/p+1/b8-4+. The lowest BCUT2D eigenvalue weighted by Crippen LogP contribution is -3.12. The molecule has 2 N–H and O–H groups in total. The van der Waals surface area contributed by atoms with Crippen LogP contribution in [-0.4, -0.2) is 32.2 Å². The summed E-state index contributed by atoms with van der Waals surface area (Å²) in [5.41, 5.74) is 2.76. The summed E-state index contributed by atoms with van der Waals surface area (Å²) in [6.07, 6.45) is 3.13. The average Bonchev–Trinajstić information content (AvgIpc) is 2.63. The molecule has 1 aliphatic rings. The van der Waals surface area contributed by atoms with E-state index in [0.29, 0.717) is 10.0 Å². The summed E-state index contributed by atoms with van der Waals surface area (Å²) in [4.78, 5) is 13.6. The van der Waals surface area contributed by atoms with Crippen molar-refractivity contribution in [2.24, 2.45) is 0 Å². The number of nitrogens with one attached hydrogen (secondary N) is 2. The molecule has 0 unspecified atom stereocenters. The largest absolute Gasteiger partial charge is 0.370 e. The van der Waals surface area contributed by atoms with Gasteiger partial charge in [0.1, 0.15) is 19.6 Å². The molecule has 0 atom stereocenters. The first-order valence-electron chi connectivity index (χ1n) is 8.54. The van der Waals surface area contributed by atoms with Gasteiger partial charge in [0, 0.05) is 27.4 Å². The predicted octanol–water partition coefficient (Wildman–Crippen LogP) is 3.06. The summed E-state index contributed by atoms with van der Waals surface area (Å²) in [7, 11) is 0. The molecule has 6 heteroatoms. The van der Waals surface area contributed by atoms with Crippen LogP contribution in [0.4, 0.5) is 5.69 Å². The zero-order valence-electron chi connectivity index (χ0n) is 14.3. The number of amides is 1. The van der Waals surface area contributed by atoms with Crippen LogP contribution in [0.5, 0.6) is 0 Å². The van der Waals surface area contributed by atoms with Crippen molar-refractivity contribution in [3.8, 4) is 0 Å². The van der Waals surface area contributed by atoms with E-state index in [1.54, 1.807) is 24.3 Å². The predicted molar refractivity (Wildman–Crippen MR) is 106 cm³/mol. The minimum atomic E-state index is -0.206. The average molecular weight is 392 g/mol. The van der Waals surface area contributed by atoms with E-state index in [1.807, 2.05) is 12.1 Å². The molecule has 2 aromatic carbocycles. The second kappa shape index (κ2) is 9.19. The monoisotopic (exact) mass is 391 g/mol. The Hall–Kier alpha value is -1.85. The summed E-state index contributed by atoms with van der Waals surface area (Å²) in [5, 5.41) is 3.93. The van der Waals surface area contributed by atoms with Gasteiger partial charge in [-0.3, -0.25) is 4.79 Å². The Bertz CT molecular complexity index is 785. The van der Waals surface area contributed by atoms with Gasteiger partial charge in [0.2, 0.25) is 5.91 Å². The smallest absolute Gasteiger partial charge is 0.248 e. The molecule has 136 valence electrons. The second-order valence-corrected chi connectivity index (χ2v) is 7.07. The van der Waals surface area contributed by atoms with Crippen LogP contribution in [0.15, 0.2) is 48.5 Å². The van der Waals surface area contributed by atoms with Crippen LogP contribution in [-0.2, 0) is 16.1 Å². The third-order valence-electron chi connectivity index (χ3n) is 4.25. The highest BCUT2D eigenvalue weighted by molar-refractivity contribution is 6.35. The van der Waals surface area contributed by atoms with Gasteiger partial charge in [-0.05, 0) is 35.9 Å². The molecule has 2 aromatic rings. The van der Waals surface area contributed by atoms with Crippen molar-refractivity contribution in [3.63, 3.8) is 0 Å². The molecule has 4 nitrogen and oxygen atoms in total. The summed E-state index contributed by atoms with van der Waals surface area (Å²) in [5.74, 6) is -0.206. The van der Waals surface area contributed by atoms with E-state index in [-0.39, 0.29) is 5.91 Å². The number of carbonyl (C=O) groups excluding carboxylic acids is 1. The SMILES string of the molecule is O=C(/C=C/c1ccc(Cl)cc1Cl)Nc1ccc(C[NH+]2CCOCC2)cc1. The number of anilines is 1. The molecule has 1 fully saturated rings. The van der Waals surface area contributed by atoms with Gasteiger partial charge >= 0.3 is 0 Å². The Kier molecular flexibility index (Phi) is 6.69. The van der Waals surface area contributed by atoms with Gasteiger partial charge in [-0.1, -0.05) is 41.4 Å². The highest BCUT2D eigenvalue weighted by atomic mass is 35.5. The number of morpholine rings is 1. The van der Waals surface area contributed by atoms with E-state index in [4.69, 9.17) is 27.9 Å². The zero-order valence-corrected chi connectivity index (χ0v) is 15.8. The first-order chi connectivity index (χ1) is 12.6. The second-order valence-electron chi connectivity index (χ2n) is 6.22. The summed E-state index contributed by atoms with van der Waals surface area (Å²) in [6, 6.07) is 13.1. The summed E-state index contributed by atoms with van der Waals surface area (Å²) >= 11 is 12.0. The normalized spacial score (nSPS) is 15.3. The first kappa shape index (κ1) is 18.9. The quantitative estimate of drug-likeness (QED) is 0.769. The maximum atomic E-state index is 12.1. The van der Waals surface area contributed by atoms with Gasteiger partial charge in [-0.25, -0.2) is 0 Å². The van der Waals surface area contributed by atoms with Gasteiger partial charge in [0.15, 0.2) is 0 Å². The van der Waals surface area contributed by atoms with E-state index < -0.39 is 0 Å². The molecule has 0 bridgehead atoms. The highest BCUT2D eigenvalue weighted by Gasteiger charge is 2.13. The molecule has 3 rings (SSSR count). The van der Waals surface area contributed by atoms with Crippen LogP contribution >= 0.6 is 23.2 Å². The van der Waals surface area contributed by atoms with E-state index in [1.165, 1.54) is 16.5 Å². The van der Waals surface area contributed by atoms with Crippen LogP contribution in [0.25, 0.3) is 6.08 Å². The third kappa shape index (κ3) is 5.58. The van der Waals surface area contributed by atoms with Crippen molar-refractivity contribution in [1.82, 2.24) is 0 Å². The lowest BCUT2D eigenvalue weighted by Gasteiger charge is -2.23. The molecule has 26 heavy (non-hydrogen) atoms. The van der Waals surface area contributed by atoms with Gasteiger partial charge < -0.3 is 15.0 Å². The highest BCUT2D eigenvalue weighted by Crippen LogP contribution is 2.22. The fraction of sp³-hybridized carbons (Fsp3) is 0.250. The molecule has 1 amide bonds. The Balaban J connectivity index is 1.54. The number of carbonyl (C=O) groups is 1. The zero-order chi connectivity index (χ0) is 18.4.